The SMILES string of the molecule is FC1CCCN(c2nccn3ncnc23)C1. The Labute approximate surface area is 91.9 Å². The van der Waals surface area contributed by atoms with Crippen LogP contribution in [0.3, 0.4) is 0 Å². The Morgan fingerprint density at radius 1 is 1.38 bits per heavy atom. The van der Waals surface area contributed by atoms with E-state index in [1.54, 1.807) is 16.9 Å². The van der Waals surface area contributed by atoms with Crippen molar-refractivity contribution in [3.63, 3.8) is 0 Å². The number of hydrogen-bond donors (Lipinski definition) is 0. The Bertz CT molecular complexity index is 497. The highest BCUT2D eigenvalue weighted by atomic mass is 19.1. The molecule has 0 aromatic carbocycles. The van der Waals surface area contributed by atoms with E-state index in [1.807, 2.05) is 4.90 Å². The van der Waals surface area contributed by atoms with Gasteiger partial charge >= 0.3 is 0 Å². The van der Waals surface area contributed by atoms with Gasteiger partial charge in [-0.25, -0.2) is 18.9 Å². The molecule has 0 spiro atoms. The van der Waals surface area contributed by atoms with Gasteiger partial charge in [0.05, 0.1) is 6.54 Å². The van der Waals surface area contributed by atoms with Crippen molar-refractivity contribution in [2.45, 2.75) is 19.0 Å². The first-order valence-electron chi connectivity index (χ1n) is 5.38. The van der Waals surface area contributed by atoms with E-state index in [-0.39, 0.29) is 0 Å². The average Bonchev–Trinajstić information content (AvgIpc) is 2.76. The highest BCUT2D eigenvalue weighted by Crippen LogP contribution is 2.21. The number of fused-ring (bicyclic) bond motifs is 1. The van der Waals surface area contributed by atoms with E-state index in [4.69, 9.17) is 0 Å². The van der Waals surface area contributed by atoms with Crippen LogP contribution in [-0.2, 0) is 0 Å². The molecule has 1 saturated heterocycles. The molecule has 0 bridgehead atoms. The van der Waals surface area contributed by atoms with Crippen LogP contribution in [0.1, 0.15) is 12.8 Å². The summed E-state index contributed by atoms with van der Waals surface area (Å²) in [6, 6.07) is 0. The number of alkyl halides is 1. The third kappa shape index (κ3) is 1.50. The summed E-state index contributed by atoms with van der Waals surface area (Å²) in [6.45, 7) is 1.24. The zero-order valence-corrected chi connectivity index (χ0v) is 8.75. The van der Waals surface area contributed by atoms with Gasteiger partial charge in [0, 0.05) is 18.9 Å². The number of aromatic nitrogens is 4. The summed E-state index contributed by atoms with van der Waals surface area (Å²) in [6.07, 6.45) is 5.63. The molecule has 1 atom stereocenters. The van der Waals surface area contributed by atoms with Gasteiger partial charge < -0.3 is 4.90 Å². The third-order valence-corrected chi connectivity index (χ3v) is 2.84. The Morgan fingerprint density at radius 2 is 2.31 bits per heavy atom. The van der Waals surface area contributed by atoms with Crippen LogP contribution in [-0.4, -0.2) is 38.8 Å². The van der Waals surface area contributed by atoms with Crippen molar-refractivity contribution in [1.29, 1.82) is 0 Å². The monoisotopic (exact) mass is 221 g/mol. The smallest absolute Gasteiger partial charge is 0.198 e. The summed E-state index contributed by atoms with van der Waals surface area (Å²) in [5.41, 5.74) is 0.691. The molecule has 0 aliphatic carbocycles. The lowest BCUT2D eigenvalue weighted by Crippen LogP contribution is -2.37. The largest absolute Gasteiger partial charge is 0.351 e. The molecule has 3 heterocycles. The fraction of sp³-hybridized carbons (Fsp3) is 0.500. The van der Waals surface area contributed by atoms with Crippen molar-refractivity contribution in [3.05, 3.63) is 18.7 Å². The van der Waals surface area contributed by atoms with E-state index in [0.29, 0.717) is 18.6 Å². The summed E-state index contributed by atoms with van der Waals surface area (Å²) in [5.74, 6) is 0.724. The molecule has 5 nitrogen and oxygen atoms in total. The van der Waals surface area contributed by atoms with Crippen LogP contribution in [0.25, 0.3) is 5.65 Å². The van der Waals surface area contributed by atoms with Gasteiger partial charge in [-0.05, 0) is 12.8 Å². The van der Waals surface area contributed by atoms with Crippen LogP contribution < -0.4 is 4.90 Å². The molecule has 2 aromatic heterocycles. The molecule has 2 aromatic rings. The van der Waals surface area contributed by atoms with Crippen molar-refractivity contribution in [2.75, 3.05) is 18.0 Å². The van der Waals surface area contributed by atoms with Gasteiger partial charge in [0.15, 0.2) is 11.5 Å². The Hall–Kier alpha value is -1.72. The number of anilines is 1. The lowest BCUT2D eigenvalue weighted by Gasteiger charge is -2.29. The molecule has 6 heteroatoms. The maximum Gasteiger partial charge on any atom is 0.198 e. The second-order valence-electron chi connectivity index (χ2n) is 3.96. The number of piperidine rings is 1. The molecule has 0 N–H and O–H groups in total. The van der Waals surface area contributed by atoms with E-state index >= 15 is 0 Å². The molecular formula is C10H12FN5. The fourth-order valence-corrected chi connectivity index (χ4v) is 2.08. The van der Waals surface area contributed by atoms with Crippen molar-refractivity contribution in [1.82, 2.24) is 19.6 Å². The predicted octanol–water partition coefficient (Wildman–Crippen LogP) is 1.06. The highest BCUT2D eigenvalue weighted by Gasteiger charge is 2.22. The topological polar surface area (TPSA) is 46.3 Å². The third-order valence-electron chi connectivity index (χ3n) is 2.84. The molecule has 1 unspecified atom stereocenters. The first kappa shape index (κ1) is 9.50. The molecule has 1 aliphatic rings. The van der Waals surface area contributed by atoms with E-state index in [9.17, 15) is 4.39 Å². The van der Waals surface area contributed by atoms with Gasteiger partial charge in [-0.1, -0.05) is 0 Å². The van der Waals surface area contributed by atoms with E-state index in [2.05, 4.69) is 15.1 Å². The maximum absolute atomic E-state index is 13.3. The van der Waals surface area contributed by atoms with Crippen LogP contribution in [0.4, 0.5) is 10.2 Å². The second-order valence-corrected chi connectivity index (χ2v) is 3.96. The van der Waals surface area contributed by atoms with Gasteiger partial charge in [-0.2, -0.15) is 5.10 Å². The lowest BCUT2D eigenvalue weighted by molar-refractivity contribution is 0.286. The molecule has 16 heavy (non-hydrogen) atoms. The predicted molar refractivity (Wildman–Crippen MR) is 57.1 cm³/mol. The molecule has 1 aliphatic heterocycles. The van der Waals surface area contributed by atoms with Crippen LogP contribution >= 0.6 is 0 Å². The Balaban J connectivity index is 2.01. The molecular weight excluding hydrogens is 209 g/mol. The average molecular weight is 221 g/mol. The minimum absolute atomic E-state index is 0.402. The van der Waals surface area contributed by atoms with Crippen molar-refractivity contribution in [3.8, 4) is 0 Å². The van der Waals surface area contributed by atoms with Crippen molar-refractivity contribution >= 4 is 11.5 Å². The van der Waals surface area contributed by atoms with Gasteiger partial charge in [-0.3, -0.25) is 0 Å². The fourth-order valence-electron chi connectivity index (χ4n) is 2.08. The van der Waals surface area contributed by atoms with Gasteiger partial charge in [0.1, 0.15) is 12.5 Å². The van der Waals surface area contributed by atoms with Gasteiger partial charge in [-0.15, -0.1) is 0 Å². The molecule has 3 rings (SSSR count). The minimum atomic E-state index is -0.765. The molecule has 0 saturated carbocycles. The summed E-state index contributed by atoms with van der Waals surface area (Å²) >= 11 is 0. The number of rotatable bonds is 1. The Morgan fingerprint density at radius 3 is 3.19 bits per heavy atom. The zero-order chi connectivity index (χ0) is 11.0. The summed E-state index contributed by atoms with van der Waals surface area (Å²) in [5, 5.41) is 4.04. The first-order valence-corrected chi connectivity index (χ1v) is 5.38. The molecule has 0 amide bonds. The van der Waals surface area contributed by atoms with E-state index < -0.39 is 6.17 Å². The van der Waals surface area contributed by atoms with Crippen LogP contribution in [0.5, 0.6) is 0 Å². The maximum atomic E-state index is 13.3. The normalized spacial score (nSPS) is 21.6. The molecule has 84 valence electrons. The van der Waals surface area contributed by atoms with Crippen LogP contribution in [0, 0.1) is 0 Å². The quantitative estimate of drug-likeness (QED) is 0.722. The zero-order valence-electron chi connectivity index (χ0n) is 8.75. The summed E-state index contributed by atoms with van der Waals surface area (Å²) in [7, 11) is 0. The second kappa shape index (κ2) is 3.70. The lowest BCUT2D eigenvalue weighted by atomic mass is 10.1. The summed E-state index contributed by atoms with van der Waals surface area (Å²) < 4.78 is 15.0. The minimum Gasteiger partial charge on any atom is -0.351 e. The first-order chi connectivity index (χ1) is 7.84. The molecule has 1 fully saturated rings. The van der Waals surface area contributed by atoms with Gasteiger partial charge in [0.25, 0.3) is 0 Å². The molecule has 0 radical (unpaired) electrons. The number of nitrogens with zero attached hydrogens (tertiary/aromatic N) is 5. The van der Waals surface area contributed by atoms with Crippen LogP contribution in [0.2, 0.25) is 0 Å². The van der Waals surface area contributed by atoms with Gasteiger partial charge in [0.2, 0.25) is 0 Å². The van der Waals surface area contributed by atoms with Crippen LogP contribution in [0.15, 0.2) is 18.7 Å². The van der Waals surface area contributed by atoms with Crippen molar-refractivity contribution < 1.29 is 4.39 Å². The van der Waals surface area contributed by atoms with E-state index in [1.165, 1.54) is 6.33 Å². The number of halogens is 1. The highest BCUT2D eigenvalue weighted by molar-refractivity contribution is 5.63. The standard InChI is InChI=1S/C10H12FN5/c11-8-2-1-4-15(6-8)9-10-13-7-14-16(10)5-3-12-9/h3,5,7-8H,1-2,4,6H2. The number of hydrogen-bond acceptors (Lipinski definition) is 4. The van der Waals surface area contributed by atoms with E-state index in [0.717, 1.165) is 18.8 Å². The summed E-state index contributed by atoms with van der Waals surface area (Å²) in [4.78, 5) is 10.4. The van der Waals surface area contributed by atoms with Crippen molar-refractivity contribution in [2.24, 2.45) is 0 Å². The Kier molecular flexibility index (Phi) is 2.19.